The van der Waals surface area contributed by atoms with Gasteiger partial charge in [-0.2, -0.15) is 0 Å². The standard InChI is InChI=1S/C24H33FN2O6/c25-19-4-6-20(7-5-19)32-18-24(16-23(29)26-8-12-30-13-9-26)17-27(10-14-33-24)22(28)15-21-3-1-2-11-31-21/h4-7,21H,1-3,8-18H2/t21-,24-/m0/s1. The van der Waals surface area contributed by atoms with Gasteiger partial charge in [-0.25, -0.2) is 4.39 Å². The molecule has 3 fully saturated rings. The van der Waals surface area contributed by atoms with Crippen LogP contribution < -0.4 is 4.74 Å². The zero-order chi connectivity index (χ0) is 23.1. The Balaban J connectivity index is 1.44. The predicted octanol–water partition coefficient (Wildman–Crippen LogP) is 2.01. The monoisotopic (exact) mass is 464 g/mol. The van der Waals surface area contributed by atoms with Crippen molar-refractivity contribution in [3.05, 3.63) is 30.1 Å². The Bertz CT molecular complexity index is 795. The van der Waals surface area contributed by atoms with Gasteiger partial charge in [0.1, 0.15) is 23.8 Å². The number of benzene rings is 1. The Morgan fingerprint density at radius 2 is 1.76 bits per heavy atom. The number of carbonyl (C=O) groups excluding carboxylic acids is 2. The number of rotatable bonds is 7. The number of morpholine rings is 2. The molecule has 0 N–H and O–H groups in total. The molecule has 33 heavy (non-hydrogen) atoms. The second kappa shape index (κ2) is 11.3. The molecule has 3 saturated heterocycles. The van der Waals surface area contributed by atoms with Crippen LogP contribution in [0.4, 0.5) is 4.39 Å². The van der Waals surface area contributed by atoms with E-state index in [1.54, 1.807) is 21.9 Å². The average Bonchev–Trinajstić information content (AvgIpc) is 2.85. The van der Waals surface area contributed by atoms with Gasteiger partial charge in [-0.15, -0.1) is 0 Å². The molecular formula is C24H33FN2O6. The normalized spacial score (nSPS) is 26.2. The van der Waals surface area contributed by atoms with Gasteiger partial charge < -0.3 is 28.7 Å². The van der Waals surface area contributed by atoms with Crippen molar-refractivity contribution in [3.63, 3.8) is 0 Å². The van der Waals surface area contributed by atoms with E-state index in [1.165, 1.54) is 12.1 Å². The topological polar surface area (TPSA) is 77.5 Å². The van der Waals surface area contributed by atoms with Gasteiger partial charge in [-0.05, 0) is 43.5 Å². The molecule has 8 nitrogen and oxygen atoms in total. The summed E-state index contributed by atoms with van der Waals surface area (Å²) in [5, 5.41) is 0. The summed E-state index contributed by atoms with van der Waals surface area (Å²) >= 11 is 0. The zero-order valence-corrected chi connectivity index (χ0v) is 19.0. The number of nitrogens with zero attached hydrogens (tertiary/aromatic N) is 2. The first-order valence-electron chi connectivity index (χ1n) is 11.8. The largest absolute Gasteiger partial charge is 0.490 e. The molecule has 0 aliphatic carbocycles. The van der Waals surface area contributed by atoms with E-state index in [-0.39, 0.29) is 43.3 Å². The van der Waals surface area contributed by atoms with E-state index in [0.717, 1.165) is 19.3 Å². The maximum absolute atomic E-state index is 13.3. The van der Waals surface area contributed by atoms with Gasteiger partial charge in [0, 0.05) is 26.2 Å². The number of ether oxygens (including phenoxy) is 4. The fourth-order valence-electron chi connectivity index (χ4n) is 4.54. The van der Waals surface area contributed by atoms with Crippen LogP contribution in [0.25, 0.3) is 0 Å². The Hall–Kier alpha value is -2.23. The Labute approximate surface area is 193 Å². The van der Waals surface area contributed by atoms with Crippen LogP contribution in [0, 0.1) is 5.82 Å². The molecule has 1 aromatic rings. The molecule has 0 bridgehead atoms. The molecule has 182 valence electrons. The lowest BCUT2D eigenvalue weighted by Gasteiger charge is -2.43. The predicted molar refractivity (Wildman–Crippen MR) is 117 cm³/mol. The van der Waals surface area contributed by atoms with Crippen LogP contribution in [0.5, 0.6) is 5.75 Å². The lowest BCUT2D eigenvalue weighted by atomic mass is 9.96. The van der Waals surface area contributed by atoms with Gasteiger partial charge in [0.15, 0.2) is 0 Å². The van der Waals surface area contributed by atoms with Crippen LogP contribution in [0.3, 0.4) is 0 Å². The molecule has 0 saturated carbocycles. The summed E-state index contributed by atoms with van der Waals surface area (Å²) in [5.41, 5.74) is -0.981. The fraction of sp³-hybridized carbons (Fsp3) is 0.667. The quantitative estimate of drug-likeness (QED) is 0.615. The molecule has 3 aliphatic rings. The summed E-state index contributed by atoms with van der Waals surface area (Å²) in [6.07, 6.45) is 3.39. The van der Waals surface area contributed by atoms with E-state index in [2.05, 4.69) is 0 Å². The van der Waals surface area contributed by atoms with Crippen LogP contribution in [0.2, 0.25) is 0 Å². The summed E-state index contributed by atoms with van der Waals surface area (Å²) in [6, 6.07) is 5.73. The lowest BCUT2D eigenvalue weighted by molar-refractivity contribution is -0.168. The first-order chi connectivity index (χ1) is 16.0. The molecule has 4 rings (SSSR count). The molecule has 0 radical (unpaired) electrons. The number of hydrogen-bond donors (Lipinski definition) is 0. The molecule has 0 spiro atoms. The van der Waals surface area contributed by atoms with E-state index >= 15 is 0 Å². The van der Waals surface area contributed by atoms with Crippen molar-refractivity contribution in [2.45, 2.75) is 43.8 Å². The minimum Gasteiger partial charge on any atom is -0.490 e. The van der Waals surface area contributed by atoms with E-state index in [4.69, 9.17) is 18.9 Å². The Morgan fingerprint density at radius 1 is 1.00 bits per heavy atom. The van der Waals surface area contributed by atoms with Crippen LogP contribution in [0.15, 0.2) is 24.3 Å². The van der Waals surface area contributed by atoms with Gasteiger partial charge in [-0.1, -0.05) is 0 Å². The number of amides is 2. The maximum Gasteiger partial charge on any atom is 0.225 e. The SMILES string of the molecule is O=C(C[C@@]1(COc2ccc(F)cc2)CN(C(=O)C[C@@H]2CCCCO2)CCO1)N1CCOCC1. The Morgan fingerprint density at radius 3 is 2.48 bits per heavy atom. The van der Waals surface area contributed by atoms with Crippen molar-refractivity contribution in [2.24, 2.45) is 0 Å². The van der Waals surface area contributed by atoms with Crippen molar-refractivity contribution >= 4 is 11.8 Å². The van der Waals surface area contributed by atoms with E-state index < -0.39 is 5.60 Å². The molecule has 0 aromatic heterocycles. The Kier molecular flexibility index (Phi) is 8.16. The molecule has 9 heteroatoms. The zero-order valence-electron chi connectivity index (χ0n) is 19.0. The lowest BCUT2D eigenvalue weighted by Crippen LogP contribution is -2.59. The maximum atomic E-state index is 13.3. The van der Waals surface area contributed by atoms with E-state index in [9.17, 15) is 14.0 Å². The van der Waals surface area contributed by atoms with E-state index in [0.29, 0.717) is 58.2 Å². The highest BCUT2D eigenvalue weighted by Crippen LogP contribution is 2.27. The van der Waals surface area contributed by atoms with Crippen molar-refractivity contribution in [3.8, 4) is 5.75 Å². The molecule has 1 aromatic carbocycles. The van der Waals surface area contributed by atoms with Gasteiger partial charge >= 0.3 is 0 Å². The number of carbonyl (C=O) groups is 2. The first-order valence-corrected chi connectivity index (χ1v) is 11.8. The molecule has 3 aliphatic heterocycles. The third-order valence-electron chi connectivity index (χ3n) is 6.43. The van der Waals surface area contributed by atoms with Gasteiger partial charge in [0.2, 0.25) is 11.8 Å². The molecule has 3 heterocycles. The highest BCUT2D eigenvalue weighted by molar-refractivity contribution is 5.79. The molecule has 2 atom stereocenters. The summed E-state index contributed by atoms with van der Waals surface area (Å²) < 4.78 is 36.4. The minimum absolute atomic E-state index is 0.00942. The summed E-state index contributed by atoms with van der Waals surface area (Å²) in [5.74, 6) is 0.0912. The fourth-order valence-corrected chi connectivity index (χ4v) is 4.54. The molecular weight excluding hydrogens is 431 g/mol. The van der Waals surface area contributed by atoms with Crippen LogP contribution in [-0.4, -0.2) is 92.5 Å². The second-order valence-electron chi connectivity index (χ2n) is 8.95. The number of halogens is 1. The van der Waals surface area contributed by atoms with Crippen molar-refractivity contribution in [1.29, 1.82) is 0 Å². The highest BCUT2D eigenvalue weighted by Gasteiger charge is 2.42. The summed E-state index contributed by atoms with van der Waals surface area (Å²) in [7, 11) is 0. The van der Waals surface area contributed by atoms with Crippen molar-refractivity contribution in [1.82, 2.24) is 9.80 Å². The summed E-state index contributed by atoms with van der Waals surface area (Å²) in [6.45, 7) is 3.93. The van der Waals surface area contributed by atoms with Crippen molar-refractivity contribution in [2.75, 3.05) is 59.2 Å². The highest BCUT2D eigenvalue weighted by atomic mass is 19.1. The van der Waals surface area contributed by atoms with Crippen LogP contribution in [-0.2, 0) is 23.8 Å². The third-order valence-corrected chi connectivity index (χ3v) is 6.43. The third kappa shape index (κ3) is 6.65. The van der Waals surface area contributed by atoms with Crippen molar-refractivity contribution < 1.29 is 32.9 Å². The van der Waals surface area contributed by atoms with Gasteiger partial charge in [0.05, 0.1) is 45.3 Å². The van der Waals surface area contributed by atoms with Gasteiger partial charge in [0.25, 0.3) is 0 Å². The summed E-state index contributed by atoms with van der Waals surface area (Å²) in [4.78, 5) is 29.7. The number of hydrogen-bond acceptors (Lipinski definition) is 6. The van der Waals surface area contributed by atoms with E-state index in [1.807, 2.05) is 0 Å². The van der Waals surface area contributed by atoms with Gasteiger partial charge in [-0.3, -0.25) is 9.59 Å². The van der Waals surface area contributed by atoms with Crippen LogP contribution >= 0.6 is 0 Å². The average molecular weight is 465 g/mol. The molecule has 0 unspecified atom stereocenters. The molecule has 2 amide bonds. The first kappa shape index (κ1) is 23.9. The second-order valence-corrected chi connectivity index (χ2v) is 8.95. The minimum atomic E-state index is -0.981. The van der Waals surface area contributed by atoms with Crippen LogP contribution in [0.1, 0.15) is 32.1 Å². The smallest absolute Gasteiger partial charge is 0.225 e.